The van der Waals surface area contributed by atoms with Gasteiger partial charge in [-0.25, -0.2) is 0 Å². The zero-order valence-electron chi connectivity index (χ0n) is 12.6. The molecule has 1 aromatic carbocycles. The summed E-state index contributed by atoms with van der Waals surface area (Å²) in [6, 6.07) is 8.75. The quantitative estimate of drug-likeness (QED) is 0.889. The van der Waals surface area contributed by atoms with Crippen LogP contribution in [-0.2, 0) is 0 Å². The molecule has 0 amide bonds. The van der Waals surface area contributed by atoms with Gasteiger partial charge in [-0.05, 0) is 68.8 Å². The van der Waals surface area contributed by atoms with Gasteiger partial charge in [-0.3, -0.25) is 0 Å². The predicted molar refractivity (Wildman–Crippen MR) is 80.8 cm³/mol. The molecule has 106 valence electrons. The Morgan fingerprint density at radius 1 is 1.11 bits per heavy atom. The van der Waals surface area contributed by atoms with E-state index in [4.69, 9.17) is 4.74 Å². The first-order valence-electron chi connectivity index (χ1n) is 7.55. The fourth-order valence-electron chi connectivity index (χ4n) is 3.06. The first-order chi connectivity index (χ1) is 9.08. The lowest BCUT2D eigenvalue weighted by Crippen LogP contribution is -2.38. The lowest BCUT2D eigenvalue weighted by Gasteiger charge is -2.35. The van der Waals surface area contributed by atoms with Crippen molar-refractivity contribution >= 4 is 0 Å². The van der Waals surface area contributed by atoms with Crippen molar-refractivity contribution in [2.45, 2.75) is 46.1 Å². The predicted octanol–water partition coefficient (Wildman–Crippen LogP) is 3.82. The summed E-state index contributed by atoms with van der Waals surface area (Å²) < 4.78 is 5.72. The fraction of sp³-hybridized carbons (Fsp3) is 0.647. The van der Waals surface area contributed by atoms with Crippen molar-refractivity contribution in [3.05, 3.63) is 29.8 Å². The van der Waals surface area contributed by atoms with E-state index in [-0.39, 0.29) is 6.10 Å². The highest BCUT2D eigenvalue weighted by atomic mass is 16.5. The lowest BCUT2D eigenvalue weighted by atomic mass is 9.75. The first-order valence-corrected chi connectivity index (χ1v) is 7.55. The number of nitrogens with one attached hydrogen (secondary N) is 1. The van der Waals surface area contributed by atoms with Gasteiger partial charge >= 0.3 is 0 Å². The van der Waals surface area contributed by atoms with Gasteiger partial charge in [0.05, 0.1) is 6.10 Å². The molecule has 1 heterocycles. The molecule has 0 aromatic heterocycles. The molecule has 0 spiro atoms. The normalized spacial score (nSPS) is 23.9. The van der Waals surface area contributed by atoms with Crippen LogP contribution in [0.4, 0.5) is 0 Å². The van der Waals surface area contributed by atoms with Gasteiger partial charge in [-0.1, -0.05) is 26.0 Å². The van der Waals surface area contributed by atoms with Crippen LogP contribution in [0.2, 0.25) is 0 Å². The molecule has 1 saturated heterocycles. The number of hydrogen-bond acceptors (Lipinski definition) is 2. The van der Waals surface area contributed by atoms with Gasteiger partial charge in [0.15, 0.2) is 0 Å². The lowest BCUT2D eigenvalue weighted by molar-refractivity contribution is 0.241. The molecule has 2 atom stereocenters. The molecule has 2 rings (SSSR count). The largest absolute Gasteiger partial charge is 0.491 e. The van der Waals surface area contributed by atoms with Crippen molar-refractivity contribution < 1.29 is 4.74 Å². The third kappa shape index (κ3) is 3.73. The number of rotatable bonds is 4. The molecule has 2 heteroatoms. The monoisotopic (exact) mass is 261 g/mol. The molecule has 1 aliphatic rings. The van der Waals surface area contributed by atoms with Gasteiger partial charge < -0.3 is 10.1 Å². The van der Waals surface area contributed by atoms with Crippen LogP contribution >= 0.6 is 0 Å². The Labute approximate surface area is 117 Å². The molecule has 0 aliphatic carbocycles. The van der Waals surface area contributed by atoms with Crippen LogP contribution in [0.25, 0.3) is 0 Å². The van der Waals surface area contributed by atoms with Crippen LogP contribution in [0, 0.1) is 11.8 Å². The van der Waals surface area contributed by atoms with Gasteiger partial charge in [-0.2, -0.15) is 0 Å². The molecular formula is C17H27NO. The summed E-state index contributed by atoms with van der Waals surface area (Å²) in [6.45, 7) is 11.1. The molecule has 19 heavy (non-hydrogen) atoms. The molecule has 2 unspecified atom stereocenters. The molecule has 0 radical (unpaired) electrons. The van der Waals surface area contributed by atoms with Crippen molar-refractivity contribution in [2.24, 2.45) is 11.8 Å². The fourth-order valence-corrected chi connectivity index (χ4v) is 3.06. The Bertz CT molecular complexity index is 383. The molecule has 1 aliphatic heterocycles. The summed E-state index contributed by atoms with van der Waals surface area (Å²) in [4.78, 5) is 0. The highest BCUT2D eigenvalue weighted by Crippen LogP contribution is 2.35. The molecular weight excluding hydrogens is 234 g/mol. The molecule has 1 fully saturated rings. The summed E-state index contributed by atoms with van der Waals surface area (Å²) in [5.74, 6) is 3.14. The maximum atomic E-state index is 5.72. The minimum atomic E-state index is 0.244. The van der Waals surface area contributed by atoms with Gasteiger partial charge in [0.2, 0.25) is 0 Å². The Morgan fingerprint density at radius 3 is 2.37 bits per heavy atom. The average molecular weight is 261 g/mol. The SMILES string of the molecule is CC(C)Oc1ccc(C2CCNCC2C(C)C)cc1. The summed E-state index contributed by atoms with van der Waals surface area (Å²) >= 11 is 0. The summed E-state index contributed by atoms with van der Waals surface area (Å²) in [7, 11) is 0. The van der Waals surface area contributed by atoms with E-state index < -0.39 is 0 Å². The second-order valence-corrected chi connectivity index (χ2v) is 6.24. The van der Waals surface area contributed by atoms with Crippen molar-refractivity contribution in [3.63, 3.8) is 0 Å². The van der Waals surface area contributed by atoms with Gasteiger partial charge in [0.25, 0.3) is 0 Å². The zero-order chi connectivity index (χ0) is 13.8. The molecule has 0 bridgehead atoms. The van der Waals surface area contributed by atoms with E-state index in [1.165, 1.54) is 12.0 Å². The minimum absolute atomic E-state index is 0.244. The van der Waals surface area contributed by atoms with Crippen LogP contribution < -0.4 is 10.1 Å². The average Bonchev–Trinajstić information content (AvgIpc) is 2.39. The Morgan fingerprint density at radius 2 is 1.79 bits per heavy atom. The third-order valence-corrected chi connectivity index (χ3v) is 4.07. The van der Waals surface area contributed by atoms with Crippen molar-refractivity contribution in [2.75, 3.05) is 13.1 Å². The Kier molecular flexibility index (Phi) is 4.87. The van der Waals surface area contributed by atoms with E-state index in [2.05, 4.69) is 57.3 Å². The smallest absolute Gasteiger partial charge is 0.119 e. The molecule has 1 aromatic rings. The Hall–Kier alpha value is -1.02. The minimum Gasteiger partial charge on any atom is -0.491 e. The number of piperidine rings is 1. The highest BCUT2D eigenvalue weighted by Gasteiger charge is 2.28. The van der Waals surface area contributed by atoms with E-state index in [0.29, 0.717) is 5.92 Å². The van der Waals surface area contributed by atoms with Crippen molar-refractivity contribution in [3.8, 4) is 5.75 Å². The second-order valence-electron chi connectivity index (χ2n) is 6.24. The number of benzene rings is 1. The van der Waals surface area contributed by atoms with Crippen LogP contribution in [0.15, 0.2) is 24.3 Å². The Balaban J connectivity index is 2.11. The second kappa shape index (κ2) is 6.42. The van der Waals surface area contributed by atoms with Crippen LogP contribution in [0.3, 0.4) is 0 Å². The van der Waals surface area contributed by atoms with E-state index in [1.54, 1.807) is 0 Å². The van der Waals surface area contributed by atoms with E-state index >= 15 is 0 Å². The van der Waals surface area contributed by atoms with Gasteiger partial charge in [0.1, 0.15) is 5.75 Å². The maximum Gasteiger partial charge on any atom is 0.119 e. The highest BCUT2D eigenvalue weighted by molar-refractivity contribution is 5.30. The molecule has 0 saturated carbocycles. The maximum absolute atomic E-state index is 5.72. The van der Waals surface area contributed by atoms with Crippen LogP contribution in [-0.4, -0.2) is 19.2 Å². The first kappa shape index (κ1) is 14.4. The van der Waals surface area contributed by atoms with Crippen LogP contribution in [0.1, 0.15) is 45.6 Å². The van der Waals surface area contributed by atoms with Gasteiger partial charge in [0, 0.05) is 0 Å². The standard InChI is InChI=1S/C17H27NO/c1-12(2)17-11-18-10-9-16(17)14-5-7-15(8-6-14)19-13(3)4/h5-8,12-13,16-18H,9-11H2,1-4H3. The zero-order valence-corrected chi connectivity index (χ0v) is 12.6. The van der Waals surface area contributed by atoms with Crippen LogP contribution in [0.5, 0.6) is 5.75 Å². The van der Waals surface area contributed by atoms with E-state index in [9.17, 15) is 0 Å². The summed E-state index contributed by atoms with van der Waals surface area (Å²) in [5.41, 5.74) is 1.47. The topological polar surface area (TPSA) is 21.3 Å². The molecule has 2 nitrogen and oxygen atoms in total. The van der Waals surface area contributed by atoms with Crippen molar-refractivity contribution in [1.29, 1.82) is 0 Å². The van der Waals surface area contributed by atoms with Gasteiger partial charge in [-0.15, -0.1) is 0 Å². The van der Waals surface area contributed by atoms with E-state index in [1.807, 2.05) is 0 Å². The number of hydrogen-bond donors (Lipinski definition) is 1. The van der Waals surface area contributed by atoms with Crippen molar-refractivity contribution in [1.82, 2.24) is 5.32 Å². The summed E-state index contributed by atoms with van der Waals surface area (Å²) in [5, 5.41) is 3.53. The molecule has 1 N–H and O–H groups in total. The third-order valence-electron chi connectivity index (χ3n) is 4.07. The summed E-state index contributed by atoms with van der Waals surface area (Å²) in [6.07, 6.45) is 1.49. The van der Waals surface area contributed by atoms with E-state index in [0.717, 1.165) is 30.7 Å². The number of ether oxygens (including phenoxy) is 1.